The Morgan fingerprint density at radius 3 is 2.57 bits per heavy atom. The number of aromatic nitrogens is 4. The number of nitrogens with one attached hydrogen (secondary N) is 1. The lowest BCUT2D eigenvalue weighted by atomic mass is 10.1. The summed E-state index contributed by atoms with van der Waals surface area (Å²) in [6.45, 7) is 8.18. The molecular formula is C23H21N5. The van der Waals surface area contributed by atoms with E-state index >= 15 is 0 Å². The van der Waals surface area contributed by atoms with E-state index < -0.39 is 0 Å². The van der Waals surface area contributed by atoms with Gasteiger partial charge in [-0.2, -0.15) is 10.4 Å². The second-order valence-corrected chi connectivity index (χ2v) is 7.04. The monoisotopic (exact) mass is 367 g/mol. The minimum absolute atomic E-state index is 0.488. The standard InChI is InChI=1S/C23H21N5/c1-14-9-10-19(11-15(14)2)28-17(4)20(16(3)27-28)12-18(13-24)23-25-21-7-5-6-8-22(21)26-23/h5-12H,1-4H3,(H,25,26)/b18-12-. The number of para-hydroxylation sites is 2. The lowest BCUT2D eigenvalue weighted by molar-refractivity contribution is 0.832. The summed E-state index contributed by atoms with van der Waals surface area (Å²) in [5, 5.41) is 14.4. The number of nitriles is 1. The Balaban J connectivity index is 1.81. The number of hydrogen-bond donors (Lipinski definition) is 1. The molecule has 0 saturated heterocycles. The van der Waals surface area contributed by atoms with Crippen LogP contribution in [0.4, 0.5) is 0 Å². The average molecular weight is 367 g/mol. The number of rotatable bonds is 3. The summed E-state index contributed by atoms with van der Waals surface area (Å²) in [5.74, 6) is 0.571. The van der Waals surface area contributed by atoms with E-state index in [2.05, 4.69) is 48.1 Å². The average Bonchev–Trinajstić information content (AvgIpc) is 3.23. The number of imidazole rings is 1. The zero-order valence-corrected chi connectivity index (χ0v) is 16.4. The van der Waals surface area contributed by atoms with E-state index in [0.29, 0.717) is 11.4 Å². The molecule has 138 valence electrons. The second-order valence-electron chi connectivity index (χ2n) is 7.04. The molecular weight excluding hydrogens is 346 g/mol. The fourth-order valence-corrected chi connectivity index (χ4v) is 3.35. The van der Waals surface area contributed by atoms with Crippen molar-refractivity contribution in [1.82, 2.24) is 19.7 Å². The van der Waals surface area contributed by atoms with Crippen molar-refractivity contribution < 1.29 is 0 Å². The van der Waals surface area contributed by atoms with Crippen molar-refractivity contribution in [2.75, 3.05) is 0 Å². The quantitative estimate of drug-likeness (QED) is 0.515. The molecule has 5 nitrogen and oxygen atoms in total. The van der Waals surface area contributed by atoms with Gasteiger partial charge in [-0.25, -0.2) is 9.67 Å². The molecule has 5 heteroatoms. The molecule has 0 aliphatic heterocycles. The van der Waals surface area contributed by atoms with Crippen LogP contribution >= 0.6 is 0 Å². The summed E-state index contributed by atoms with van der Waals surface area (Å²) in [7, 11) is 0. The highest BCUT2D eigenvalue weighted by Crippen LogP contribution is 2.25. The summed E-state index contributed by atoms with van der Waals surface area (Å²) in [6, 6.07) is 16.3. The Morgan fingerprint density at radius 1 is 1.07 bits per heavy atom. The minimum Gasteiger partial charge on any atom is -0.337 e. The van der Waals surface area contributed by atoms with Crippen molar-refractivity contribution in [3.63, 3.8) is 0 Å². The molecule has 0 fully saturated rings. The third-order valence-corrected chi connectivity index (χ3v) is 5.14. The molecule has 28 heavy (non-hydrogen) atoms. The number of allylic oxidation sites excluding steroid dienone is 1. The molecule has 0 aliphatic carbocycles. The number of benzene rings is 2. The highest BCUT2D eigenvalue weighted by atomic mass is 15.3. The van der Waals surface area contributed by atoms with E-state index in [1.165, 1.54) is 11.1 Å². The van der Waals surface area contributed by atoms with Crippen LogP contribution in [-0.4, -0.2) is 19.7 Å². The van der Waals surface area contributed by atoms with Gasteiger partial charge in [0.25, 0.3) is 0 Å². The van der Waals surface area contributed by atoms with Crippen molar-refractivity contribution in [3.8, 4) is 11.8 Å². The van der Waals surface area contributed by atoms with Gasteiger partial charge in [0.15, 0.2) is 0 Å². The summed E-state index contributed by atoms with van der Waals surface area (Å²) >= 11 is 0. The van der Waals surface area contributed by atoms with Gasteiger partial charge in [0.1, 0.15) is 11.9 Å². The van der Waals surface area contributed by atoms with Crippen molar-refractivity contribution >= 4 is 22.7 Å². The molecule has 4 aromatic rings. The molecule has 0 spiro atoms. The summed E-state index contributed by atoms with van der Waals surface area (Å²) in [4.78, 5) is 7.78. The van der Waals surface area contributed by atoms with Crippen molar-refractivity contribution in [2.24, 2.45) is 0 Å². The van der Waals surface area contributed by atoms with Gasteiger partial charge in [-0.15, -0.1) is 0 Å². The van der Waals surface area contributed by atoms with Crippen molar-refractivity contribution in [3.05, 3.63) is 76.4 Å². The maximum absolute atomic E-state index is 9.73. The van der Waals surface area contributed by atoms with Crippen LogP contribution in [-0.2, 0) is 0 Å². The number of fused-ring (bicyclic) bond motifs is 1. The summed E-state index contributed by atoms with van der Waals surface area (Å²) < 4.78 is 1.93. The molecule has 2 aromatic heterocycles. The Labute approximate surface area is 164 Å². The van der Waals surface area contributed by atoms with Crippen LogP contribution in [0.2, 0.25) is 0 Å². The molecule has 2 aromatic carbocycles. The van der Waals surface area contributed by atoms with Crippen molar-refractivity contribution in [2.45, 2.75) is 27.7 Å². The van der Waals surface area contributed by atoms with Gasteiger partial charge in [0.2, 0.25) is 0 Å². The second kappa shape index (κ2) is 6.82. The van der Waals surface area contributed by atoms with Gasteiger partial charge in [-0.3, -0.25) is 0 Å². The molecule has 0 aliphatic rings. The molecule has 0 bridgehead atoms. The highest BCUT2D eigenvalue weighted by Gasteiger charge is 2.15. The molecule has 0 amide bonds. The first-order chi connectivity index (χ1) is 13.5. The predicted octanol–water partition coefficient (Wildman–Crippen LogP) is 5.05. The molecule has 4 rings (SSSR count). The summed E-state index contributed by atoms with van der Waals surface area (Å²) in [6.07, 6.45) is 1.87. The molecule has 0 atom stereocenters. The van der Waals surface area contributed by atoms with Gasteiger partial charge in [-0.05, 0) is 69.2 Å². The van der Waals surface area contributed by atoms with Crippen LogP contribution in [0.3, 0.4) is 0 Å². The Bertz CT molecular complexity index is 1230. The van der Waals surface area contributed by atoms with Crippen LogP contribution in [0.5, 0.6) is 0 Å². The van der Waals surface area contributed by atoms with Gasteiger partial charge < -0.3 is 4.98 Å². The molecule has 2 heterocycles. The van der Waals surface area contributed by atoms with Crippen molar-refractivity contribution in [1.29, 1.82) is 5.26 Å². The molecule has 1 N–H and O–H groups in total. The Kier molecular flexibility index (Phi) is 4.32. The zero-order valence-electron chi connectivity index (χ0n) is 16.4. The predicted molar refractivity (Wildman–Crippen MR) is 112 cm³/mol. The topological polar surface area (TPSA) is 70.3 Å². The number of hydrogen-bond acceptors (Lipinski definition) is 3. The van der Waals surface area contributed by atoms with Crippen LogP contribution < -0.4 is 0 Å². The van der Waals surface area contributed by atoms with E-state index in [-0.39, 0.29) is 0 Å². The number of nitrogens with zero attached hydrogens (tertiary/aromatic N) is 4. The van der Waals surface area contributed by atoms with Crippen LogP contribution in [0.15, 0.2) is 42.5 Å². The van der Waals surface area contributed by atoms with E-state index in [4.69, 9.17) is 5.10 Å². The number of aryl methyl sites for hydroxylation is 3. The SMILES string of the molecule is Cc1ccc(-n2nc(C)c(/C=C(/C#N)c3nc4ccccc4[nH]3)c2C)cc1C. The van der Waals surface area contributed by atoms with E-state index in [9.17, 15) is 5.26 Å². The van der Waals surface area contributed by atoms with Crippen LogP contribution in [0.25, 0.3) is 28.4 Å². The fourth-order valence-electron chi connectivity index (χ4n) is 3.35. The van der Waals surface area contributed by atoms with Gasteiger partial charge in [0.05, 0.1) is 28.0 Å². The van der Waals surface area contributed by atoms with E-state index in [1.54, 1.807) is 0 Å². The fraction of sp³-hybridized carbons (Fsp3) is 0.174. The Morgan fingerprint density at radius 2 is 1.86 bits per heavy atom. The van der Waals surface area contributed by atoms with E-state index in [0.717, 1.165) is 33.7 Å². The first-order valence-corrected chi connectivity index (χ1v) is 9.18. The minimum atomic E-state index is 0.488. The zero-order chi connectivity index (χ0) is 19.8. The summed E-state index contributed by atoms with van der Waals surface area (Å²) in [5.41, 5.74) is 8.55. The van der Waals surface area contributed by atoms with Gasteiger partial charge >= 0.3 is 0 Å². The molecule has 0 radical (unpaired) electrons. The van der Waals surface area contributed by atoms with E-state index in [1.807, 2.05) is 48.9 Å². The third-order valence-electron chi connectivity index (χ3n) is 5.14. The van der Waals surface area contributed by atoms with Crippen LogP contribution in [0, 0.1) is 39.0 Å². The smallest absolute Gasteiger partial charge is 0.149 e. The van der Waals surface area contributed by atoms with Gasteiger partial charge in [-0.1, -0.05) is 18.2 Å². The lowest BCUT2D eigenvalue weighted by Gasteiger charge is -2.07. The first-order valence-electron chi connectivity index (χ1n) is 9.18. The highest BCUT2D eigenvalue weighted by molar-refractivity contribution is 5.91. The normalized spacial score (nSPS) is 11.8. The number of aromatic amines is 1. The third kappa shape index (κ3) is 2.99. The molecule has 0 saturated carbocycles. The Hall–Kier alpha value is -3.65. The lowest BCUT2D eigenvalue weighted by Crippen LogP contribution is -2.00. The largest absolute Gasteiger partial charge is 0.337 e. The molecule has 0 unspecified atom stereocenters. The first kappa shape index (κ1) is 17.7. The number of H-pyrrole nitrogens is 1. The maximum atomic E-state index is 9.73. The maximum Gasteiger partial charge on any atom is 0.149 e. The van der Waals surface area contributed by atoms with Gasteiger partial charge in [0, 0.05) is 11.3 Å². The van der Waals surface area contributed by atoms with Crippen LogP contribution in [0.1, 0.15) is 33.9 Å².